The average molecular weight is 302 g/mol. The number of carbonyl (C=O) groups excluding carboxylic acids is 1. The highest BCUT2D eigenvalue weighted by molar-refractivity contribution is 9.10. The molecule has 1 aromatic rings. The molecule has 2 heterocycles. The first-order chi connectivity index (χ1) is 7.75. The lowest BCUT2D eigenvalue weighted by atomic mass is 10.3. The van der Waals surface area contributed by atoms with Crippen molar-refractivity contribution in [2.75, 3.05) is 23.4 Å². The fourth-order valence-corrected chi connectivity index (χ4v) is 2.57. The summed E-state index contributed by atoms with van der Waals surface area (Å²) in [6.07, 6.45) is 1.67. The van der Waals surface area contributed by atoms with Crippen LogP contribution < -0.4 is 10.6 Å². The van der Waals surface area contributed by atoms with Crippen LogP contribution in [0.1, 0.15) is 0 Å². The lowest BCUT2D eigenvalue weighted by Gasteiger charge is -2.21. The molecule has 1 amide bonds. The monoisotopic (exact) mass is 301 g/mol. The van der Waals surface area contributed by atoms with Crippen LogP contribution >= 0.6 is 27.7 Å². The highest BCUT2D eigenvalue weighted by Crippen LogP contribution is 2.12. The van der Waals surface area contributed by atoms with Gasteiger partial charge in [-0.1, -0.05) is 0 Å². The third-order valence-corrected chi connectivity index (χ3v) is 3.75. The van der Waals surface area contributed by atoms with Gasteiger partial charge in [0.2, 0.25) is 5.91 Å². The Kier molecular flexibility index (Phi) is 4.20. The van der Waals surface area contributed by atoms with E-state index >= 15 is 0 Å². The molecule has 0 bridgehead atoms. The van der Waals surface area contributed by atoms with Gasteiger partial charge in [0.05, 0.1) is 6.04 Å². The van der Waals surface area contributed by atoms with Crippen molar-refractivity contribution in [1.82, 2.24) is 10.3 Å². The van der Waals surface area contributed by atoms with Gasteiger partial charge in [-0.2, -0.15) is 11.8 Å². The average Bonchev–Trinajstić information content (AvgIpc) is 2.33. The van der Waals surface area contributed by atoms with Crippen LogP contribution in [0.5, 0.6) is 0 Å². The molecule has 0 spiro atoms. The zero-order valence-electron chi connectivity index (χ0n) is 8.57. The fourth-order valence-electron chi connectivity index (χ4n) is 1.40. The summed E-state index contributed by atoms with van der Waals surface area (Å²) in [5.41, 5.74) is 0. The molecule has 0 aliphatic carbocycles. The molecule has 0 radical (unpaired) electrons. The zero-order chi connectivity index (χ0) is 11.4. The van der Waals surface area contributed by atoms with Gasteiger partial charge in [0, 0.05) is 28.7 Å². The molecule has 16 heavy (non-hydrogen) atoms. The van der Waals surface area contributed by atoms with E-state index in [4.69, 9.17) is 0 Å². The van der Waals surface area contributed by atoms with Crippen LogP contribution in [0.3, 0.4) is 0 Å². The van der Waals surface area contributed by atoms with Crippen LogP contribution in [0.15, 0.2) is 22.8 Å². The van der Waals surface area contributed by atoms with Crippen molar-refractivity contribution in [3.63, 3.8) is 0 Å². The SMILES string of the molecule is O=C(Nc1ccc(Br)cn1)C1CSCCN1. The topological polar surface area (TPSA) is 54.0 Å². The van der Waals surface area contributed by atoms with Crippen molar-refractivity contribution >= 4 is 39.4 Å². The van der Waals surface area contributed by atoms with Crippen molar-refractivity contribution in [3.05, 3.63) is 22.8 Å². The number of nitrogens with zero attached hydrogens (tertiary/aromatic N) is 1. The predicted octanol–water partition coefficient (Wildman–Crippen LogP) is 1.49. The molecule has 1 unspecified atom stereocenters. The number of carbonyl (C=O) groups is 1. The van der Waals surface area contributed by atoms with Gasteiger partial charge < -0.3 is 10.6 Å². The van der Waals surface area contributed by atoms with Gasteiger partial charge in [0.25, 0.3) is 0 Å². The Balaban J connectivity index is 1.93. The summed E-state index contributed by atoms with van der Waals surface area (Å²) < 4.78 is 0.900. The molecule has 1 aliphatic rings. The first-order valence-corrected chi connectivity index (χ1v) is 6.94. The second kappa shape index (κ2) is 5.65. The molecule has 2 rings (SSSR count). The zero-order valence-corrected chi connectivity index (χ0v) is 11.0. The molecular weight excluding hydrogens is 290 g/mol. The Morgan fingerprint density at radius 1 is 1.62 bits per heavy atom. The summed E-state index contributed by atoms with van der Waals surface area (Å²) in [7, 11) is 0. The largest absolute Gasteiger partial charge is 0.309 e. The minimum Gasteiger partial charge on any atom is -0.309 e. The molecule has 1 aromatic heterocycles. The van der Waals surface area contributed by atoms with Crippen molar-refractivity contribution in [2.24, 2.45) is 0 Å². The first-order valence-electron chi connectivity index (χ1n) is 4.99. The van der Waals surface area contributed by atoms with Crippen molar-refractivity contribution < 1.29 is 4.79 Å². The third-order valence-electron chi connectivity index (χ3n) is 2.22. The molecular formula is C10H12BrN3OS. The smallest absolute Gasteiger partial charge is 0.243 e. The predicted molar refractivity (Wildman–Crippen MR) is 69.7 cm³/mol. The first kappa shape index (κ1) is 11.9. The Hall–Kier alpha value is -0.590. The minimum absolute atomic E-state index is 0.0120. The van der Waals surface area contributed by atoms with E-state index in [1.54, 1.807) is 24.0 Å². The summed E-state index contributed by atoms with van der Waals surface area (Å²) in [5.74, 6) is 2.47. The summed E-state index contributed by atoms with van der Waals surface area (Å²) in [6, 6.07) is 3.52. The standard InChI is InChI=1S/C10H12BrN3OS/c11-7-1-2-9(13-5-7)14-10(15)8-6-16-4-3-12-8/h1-2,5,8,12H,3-4,6H2,(H,13,14,15). The maximum atomic E-state index is 11.8. The van der Waals surface area contributed by atoms with Gasteiger partial charge in [-0.25, -0.2) is 4.98 Å². The van der Waals surface area contributed by atoms with E-state index < -0.39 is 0 Å². The molecule has 0 aromatic carbocycles. The number of aromatic nitrogens is 1. The van der Waals surface area contributed by atoms with Crippen molar-refractivity contribution in [1.29, 1.82) is 0 Å². The lowest BCUT2D eigenvalue weighted by molar-refractivity contribution is -0.117. The second-order valence-electron chi connectivity index (χ2n) is 3.43. The summed E-state index contributed by atoms with van der Waals surface area (Å²) in [6.45, 7) is 0.885. The number of hydrogen-bond acceptors (Lipinski definition) is 4. The summed E-state index contributed by atoms with van der Waals surface area (Å²) >= 11 is 5.09. The van der Waals surface area contributed by atoms with E-state index in [0.717, 1.165) is 22.5 Å². The fraction of sp³-hybridized carbons (Fsp3) is 0.400. The van der Waals surface area contributed by atoms with Gasteiger partial charge >= 0.3 is 0 Å². The van der Waals surface area contributed by atoms with Gasteiger partial charge in [-0.05, 0) is 28.1 Å². The third kappa shape index (κ3) is 3.20. The maximum Gasteiger partial charge on any atom is 0.243 e. The number of halogens is 1. The normalized spacial score (nSPS) is 20.4. The van der Waals surface area contributed by atoms with E-state index in [9.17, 15) is 4.79 Å². The van der Waals surface area contributed by atoms with Crippen LogP contribution in [0.25, 0.3) is 0 Å². The van der Waals surface area contributed by atoms with Crippen molar-refractivity contribution in [3.8, 4) is 0 Å². The number of anilines is 1. The Morgan fingerprint density at radius 3 is 3.12 bits per heavy atom. The molecule has 6 heteroatoms. The van der Waals surface area contributed by atoms with Crippen LogP contribution in [0, 0.1) is 0 Å². The molecule has 1 saturated heterocycles. The maximum absolute atomic E-state index is 11.8. The van der Waals surface area contributed by atoms with Crippen LogP contribution in [0.4, 0.5) is 5.82 Å². The summed E-state index contributed by atoms with van der Waals surface area (Å²) in [4.78, 5) is 15.9. The number of rotatable bonds is 2. The van der Waals surface area contributed by atoms with Crippen LogP contribution in [0.2, 0.25) is 0 Å². The molecule has 4 nitrogen and oxygen atoms in total. The number of pyridine rings is 1. The van der Waals surface area contributed by atoms with Gasteiger partial charge in [0.15, 0.2) is 0 Å². The Labute approximate surface area is 107 Å². The van der Waals surface area contributed by atoms with E-state index in [2.05, 4.69) is 31.5 Å². The molecule has 1 atom stereocenters. The van der Waals surface area contributed by atoms with E-state index in [0.29, 0.717) is 5.82 Å². The van der Waals surface area contributed by atoms with Gasteiger partial charge in [-0.15, -0.1) is 0 Å². The molecule has 2 N–H and O–H groups in total. The molecule has 1 fully saturated rings. The number of amides is 1. The Morgan fingerprint density at radius 2 is 2.50 bits per heavy atom. The second-order valence-corrected chi connectivity index (χ2v) is 5.50. The summed E-state index contributed by atoms with van der Waals surface area (Å²) in [5, 5.41) is 5.97. The quantitative estimate of drug-likeness (QED) is 0.869. The minimum atomic E-state index is -0.107. The number of nitrogens with one attached hydrogen (secondary N) is 2. The van der Waals surface area contributed by atoms with Crippen LogP contribution in [-0.2, 0) is 4.79 Å². The molecule has 0 saturated carbocycles. The highest BCUT2D eigenvalue weighted by Gasteiger charge is 2.20. The highest BCUT2D eigenvalue weighted by atomic mass is 79.9. The van der Waals surface area contributed by atoms with E-state index in [-0.39, 0.29) is 11.9 Å². The molecule has 86 valence electrons. The number of hydrogen-bond donors (Lipinski definition) is 2. The Bertz CT molecular complexity index is 365. The van der Waals surface area contributed by atoms with Crippen molar-refractivity contribution in [2.45, 2.75) is 6.04 Å². The van der Waals surface area contributed by atoms with E-state index in [1.165, 1.54) is 0 Å². The van der Waals surface area contributed by atoms with Crippen LogP contribution in [-0.4, -0.2) is 35.0 Å². The van der Waals surface area contributed by atoms with Gasteiger partial charge in [-0.3, -0.25) is 4.79 Å². The molecule has 1 aliphatic heterocycles. The lowest BCUT2D eigenvalue weighted by Crippen LogP contribution is -2.46. The van der Waals surface area contributed by atoms with Gasteiger partial charge in [0.1, 0.15) is 5.82 Å². The van der Waals surface area contributed by atoms with E-state index in [1.807, 2.05) is 6.07 Å². The number of thioether (sulfide) groups is 1.